The monoisotopic (exact) mass is 350 g/mol. The third kappa shape index (κ3) is 4.85. The maximum absolute atomic E-state index is 11.6. The van der Waals surface area contributed by atoms with E-state index in [1.54, 1.807) is 20.8 Å². The molecule has 0 spiro atoms. The lowest BCUT2D eigenvalue weighted by atomic mass is 9.99. The third-order valence-corrected chi connectivity index (χ3v) is 4.27. The first-order chi connectivity index (χ1) is 12.3. The van der Waals surface area contributed by atoms with E-state index in [0.717, 1.165) is 12.0 Å². The first kappa shape index (κ1) is 19.5. The van der Waals surface area contributed by atoms with E-state index in [4.69, 9.17) is 9.47 Å². The van der Waals surface area contributed by atoms with E-state index in [1.165, 1.54) is 16.7 Å². The summed E-state index contributed by atoms with van der Waals surface area (Å²) in [6.07, 6.45) is 1.04. The molecule has 0 radical (unpaired) electrons. The highest BCUT2D eigenvalue weighted by atomic mass is 16.6. The molecule has 0 aliphatic carbocycles. The molecule has 0 heterocycles. The molecule has 0 aliphatic rings. The van der Waals surface area contributed by atoms with Gasteiger partial charge in [0.05, 0.1) is 0 Å². The summed E-state index contributed by atoms with van der Waals surface area (Å²) in [5.74, 6) is 1.20. The second-order valence-electron chi connectivity index (χ2n) is 6.40. The molecular weight excluding hydrogens is 324 g/mol. The number of esters is 1. The fourth-order valence-corrected chi connectivity index (χ4v) is 2.53. The average Bonchev–Trinajstić information content (AvgIpc) is 2.62. The van der Waals surface area contributed by atoms with Crippen LogP contribution in [0.15, 0.2) is 66.1 Å². The quantitative estimate of drug-likeness (QED) is 0.365. The summed E-state index contributed by atoms with van der Waals surface area (Å²) in [7, 11) is 0. The highest BCUT2D eigenvalue weighted by Crippen LogP contribution is 2.26. The lowest BCUT2D eigenvalue weighted by Gasteiger charge is -2.11. The summed E-state index contributed by atoms with van der Waals surface area (Å²) in [4.78, 5) is 11.6. The smallest absolute Gasteiger partial charge is 0.338 e. The molecule has 0 atom stereocenters. The van der Waals surface area contributed by atoms with Gasteiger partial charge < -0.3 is 9.47 Å². The number of aryl methyl sites for hydroxylation is 2. The van der Waals surface area contributed by atoms with Crippen molar-refractivity contribution in [2.75, 3.05) is 0 Å². The molecule has 2 aromatic carbocycles. The van der Waals surface area contributed by atoms with E-state index in [1.807, 2.05) is 24.3 Å². The van der Waals surface area contributed by atoms with Gasteiger partial charge in [-0.05, 0) is 68.5 Å². The molecule has 0 fully saturated rings. The van der Waals surface area contributed by atoms with Crippen LogP contribution in [0, 0.1) is 6.92 Å². The molecule has 0 unspecified atom stereocenters. The molecule has 0 amide bonds. The molecule has 0 bridgehead atoms. The lowest BCUT2D eigenvalue weighted by molar-refractivity contribution is -0.135. The summed E-state index contributed by atoms with van der Waals surface area (Å²) >= 11 is 0. The second-order valence-corrected chi connectivity index (χ2v) is 6.40. The van der Waals surface area contributed by atoms with Gasteiger partial charge in [0.15, 0.2) is 0 Å². The minimum atomic E-state index is -0.452. The van der Waals surface area contributed by atoms with E-state index in [2.05, 4.69) is 38.6 Å². The van der Waals surface area contributed by atoms with Gasteiger partial charge in [-0.25, -0.2) is 4.79 Å². The number of benzene rings is 2. The van der Waals surface area contributed by atoms with Crippen LogP contribution in [0.1, 0.15) is 38.8 Å². The molecule has 0 saturated heterocycles. The summed E-state index contributed by atoms with van der Waals surface area (Å²) < 4.78 is 11.0. The molecule has 3 heteroatoms. The zero-order valence-electron chi connectivity index (χ0n) is 16.2. The Morgan fingerprint density at radius 3 is 2.12 bits per heavy atom. The first-order valence-corrected chi connectivity index (χ1v) is 8.74. The van der Waals surface area contributed by atoms with Crippen molar-refractivity contribution in [3.05, 3.63) is 77.3 Å². The van der Waals surface area contributed by atoms with Gasteiger partial charge in [-0.1, -0.05) is 43.8 Å². The van der Waals surface area contributed by atoms with Crippen molar-refractivity contribution in [3.8, 4) is 16.9 Å². The van der Waals surface area contributed by atoms with Crippen molar-refractivity contribution >= 4 is 5.97 Å². The average molecular weight is 350 g/mol. The Hall–Kier alpha value is -2.81. The van der Waals surface area contributed by atoms with Gasteiger partial charge in [0.2, 0.25) is 0 Å². The van der Waals surface area contributed by atoms with Gasteiger partial charge in [-0.15, -0.1) is 0 Å². The van der Waals surface area contributed by atoms with Crippen molar-refractivity contribution in [2.24, 2.45) is 0 Å². The summed E-state index contributed by atoms with van der Waals surface area (Å²) in [5.41, 5.74) is 5.35. The Morgan fingerprint density at radius 2 is 1.58 bits per heavy atom. The third-order valence-electron chi connectivity index (χ3n) is 4.27. The largest absolute Gasteiger partial charge is 0.459 e. The normalized spacial score (nSPS) is 11.6. The van der Waals surface area contributed by atoms with Crippen molar-refractivity contribution in [3.63, 3.8) is 0 Å². The molecule has 136 valence electrons. The zero-order chi connectivity index (χ0) is 19.3. The van der Waals surface area contributed by atoms with Crippen molar-refractivity contribution in [1.29, 1.82) is 0 Å². The van der Waals surface area contributed by atoms with Gasteiger partial charge >= 0.3 is 5.97 Å². The van der Waals surface area contributed by atoms with Gasteiger partial charge in [0.25, 0.3) is 0 Å². The molecule has 2 aromatic rings. The maximum Gasteiger partial charge on any atom is 0.338 e. The van der Waals surface area contributed by atoms with Crippen molar-refractivity contribution < 1.29 is 14.3 Å². The fraction of sp³-hybridized carbons (Fsp3) is 0.261. The molecule has 3 nitrogen and oxygen atoms in total. The van der Waals surface area contributed by atoms with Crippen LogP contribution in [-0.4, -0.2) is 5.97 Å². The van der Waals surface area contributed by atoms with Crippen LogP contribution in [0.4, 0.5) is 0 Å². The van der Waals surface area contributed by atoms with E-state index in [0.29, 0.717) is 22.8 Å². The molecule has 0 N–H and O–H groups in total. The standard InChI is InChI=1S/C23H26O3/c1-7-19-8-9-21(14-16(19)4)20-10-12-22(13-11-20)25-17(5)18(6)26-23(24)15(2)3/h8-14H,2,7H2,1,3-6H3/b18-17+. The van der Waals surface area contributed by atoms with Crippen LogP contribution in [0.3, 0.4) is 0 Å². The Labute approximate surface area is 156 Å². The lowest BCUT2D eigenvalue weighted by Crippen LogP contribution is -2.06. The predicted molar refractivity (Wildman–Crippen MR) is 106 cm³/mol. The number of hydrogen-bond donors (Lipinski definition) is 0. The van der Waals surface area contributed by atoms with Crippen LogP contribution in [0.2, 0.25) is 0 Å². The predicted octanol–water partition coefficient (Wildman–Crippen LogP) is 5.97. The minimum absolute atomic E-state index is 0.353. The van der Waals surface area contributed by atoms with Crippen LogP contribution in [0.5, 0.6) is 5.75 Å². The van der Waals surface area contributed by atoms with Crippen LogP contribution in [-0.2, 0) is 16.0 Å². The fourth-order valence-electron chi connectivity index (χ4n) is 2.53. The molecule has 2 rings (SSSR count). The first-order valence-electron chi connectivity index (χ1n) is 8.74. The van der Waals surface area contributed by atoms with E-state index >= 15 is 0 Å². The number of rotatable bonds is 6. The van der Waals surface area contributed by atoms with Crippen molar-refractivity contribution in [2.45, 2.75) is 41.0 Å². The van der Waals surface area contributed by atoms with Gasteiger partial charge in [-0.3, -0.25) is 0 Å². The molecule has 0 aliphatic heterocycles. The van der Waals surface area contributed by atoms with E-state index < -0.39 is 5.97 Å². The Balaban J connectivity index is 2.13. The molecule has 0 aromatic heterocycles. The van der Waals surface area contributed by atoms with Gasteiger partial charge in [-0.2, -0.15) is 0 Å². The number of allylic oxidation sites excluding steroid dienone is 2. The van der Waals surface area contributed by atoms with E-state index in [-0.39, 0.29) is 0 Å². The maximum atomic E-state index is 11.6. The number of hydrogen-bond acceptors (Lipinski definition) is 3. The highest BCUT2D eigenvalue weighted by molar-refractivity contribution is 5.87. The molecular formula is C23H26O3. The Bertz CT molecular complexity index is 842. The molecule has 0 saturated carbocycles. The van der Waals surface area contributed by atoms with Crippen molar-refractivity contribution in [1.82, 2.24) is 0 Å². The zero-order valence-corrected chi connectivity index (χ0v) is 16.2. The Morgan fingerprint density at radius 1 is 0.962 bits per heavy atom. The summed E-state index contributed by atoms with van der Waals surface area (Å²) in [6, 6.07) is 14.4. The van der Waals surface area contributed by atoms with E-state index in [9.17, 15) is 4.79 Å². The second kappa shape index (κ2) is 8.52. The van der Waals surface area contributed by atoms with Gasteiger partial charge in [0, 0.05) is 5.57 Å². The van der Waals surface area contributed by atoms with Gasteiger partial charge in [0.1, 0.15) is 17.3 Å². The van der Waals surface area contributed by atoms with Crippen LogP contribution in [0.25, 0.3) is 11.1 Å². The van der Waals surface area contributed by atoms with Crippen LogP contribution < -0.4 is 4.74 Å². The molecule has 26 heavy (non-hydrogen) atoms. The highest BCUT2D eigenvalue weighted by Gasteiger charge is 2.09. The number of carbonyl (C=O) groups excluding carboxylic acids is 1. The SMILES string of the molecule is C=C(C)C(=O)O/C(C)=C(\C)Oc1ccc(-c2ccc(CC)c(C)c2)cc1. The minimum Gasteiger partial charge on any atom is -0.459 e. The topological polar surface area (TPSA) is 35.5 Å². The van der Waals surface area contributed by atoms with Crippen LogP contribution >= 0.6 is 0 Å². The Kier molecular flexibility index (Phi) is 6.40. The number of carbonyl (C=O) groups is 1. The summed E-state index contributed by atoms with van der Waals surface area (Å²) in [6.45, 7) is 13.0. The number of ether oxygens (including phenoxy) is 2. The summed E-state index contributed by atoms with van der Waals surface area (Å²) in [5, 5.41) is 0.